The van der Waals surface area contributed by atoms with Gasteiger partial charge >= 0.3 is 5.97 Å². The summed E-state index contributed by atoms with van der Waals surface area (Å²) >= 11 is 6.02. The molecule has 0 fully saturated rings. The van der Waals surface area contributed by atoms with Crippen LogP contribution in [0.25, 0.3) is 0 Å². The van der Waals surface area contributed by atoms with Gasteiger partial charge in [-0.2, -0.15) is 0 Å². The number of esters is 1. The van der Waals surface area contributed by atoms with Crippen LogP contribution in [0.1, 0.15) is 22.8 Å². The monoisotopic (exact) mass is 377 g/mol. The molecule has 0 saturated carbocycles. The maximum Gasteiger partial charge on any atom is 0.338 e. The minimum Gasteiger partial charge on any atom is -0.495 e. The minimum atomic E-state index is -0.566. The van der Waals surface area contributed by atoms with Gasteiger partial charge in [0, 0.05) is 12.1 Å². The molecule has 2 aromatic rings. The largest absolute Gasteiger partial charge is 0.495 e. The first-order valence-electron chi connectivity index (χ1n) is 7.96. The molecule has 138 valence electrons. The zero-order chi connectivity index (χ0) is 19.1. The van der Waals surface area contributed by atoms with Crippen molar-refractivity contribution in [1.82, 2.24) is 0 Å². The molecule has 7 heteroatoms. The first-order chi connectivity index (χ1) is 12.5. The van der Waals surface area contributed by atoms with Crippen molar-refractivity contribution in [3.8, 4) is 11.5 Å². The second kappa shape index (κ2) is 9.10. The van der Waals surface area contributed by atoms with Crippen molar-refractivity contribution in [3.63, 3.8) is 0 Å². The molecule has 1 amide bonds. The fourth-order valence-corrected chi connectivity index (χ4v) is 2.47. The van der Waals surface area contributed by atoms with E-state index in [1.165, 1.54) is 26.4 Å². The number of nitrogens with one attached hydrogen (secondary N) is 1. The van der Waals surface area contributed by atoms with Crippen molar-refractivity contribution >= 4 is 29.2 Å². The third kappa shape index (κ3) is 4.89. The Kier molecular flexibility index (Phi) is 6.86. The number of amides is 1. The van der Waals surface area contributed by atoms with E-state index in [0.29, 0.717) is 27.8 Å². The second-order valence-electron chi connectivity index (χ2n) is 5.36. The Morgan fingerprint density at radius 3 is 2.27 bits per heavy atom. The number of benzene rings is 2. The van der Waals surface area contributed by atoms with Gasteiger partial charge in [-0.3, -0.25) is 4.79 Å². The normalized spacial score (nSPS) is 10.2. The van der Waals surface area contributed by atoms with E-state index in [1.807, 2.05) is 19.1 Å². The number of hydrogen-bond donors (Lipinski definition) is 1. The molecule has 0 aliphatic carbocycles. The first-order valence-corrected chi connectivity index (χ1v) is 8.33. The first kappa shape index (κ1) is 19.6. The third-order valence-corrected chi connectivity index (χ3v) is 3.98. The molecular formula is C19H20ClNO5. The number of aryl methyl sites for hydroxylation is 1. The highest BCUT2D eigenvalue weighted by molar-refractivity contribution is 6.32. The van der Waals surface area contributed by atoms with E-state index < -0.39 is 18.5 Å². The zero-order valence-electron chi connectivity index (χ0n) is 14.8. The summed E-state index contributed by atoms with van der Waals surface area (Å²) in [6.07, 6.45) is 0.879. The highest BCUT2D eigenvalue weighted by Crippen LogP contribution is 2.35. The Hall–Kier alpha value is -2.73. The summed E-state index contributed by atoms with van der Waals surface area (Å²) in [5, 5.41) is 2.96. The Balaban J connectivity index is 1.99. The van der Waals surface area contributed by atoms with E-state index in [1.54, 1.807) is 12.1 Å². The Morgan fingerprint density at radius 2 is 1.69 bits per heavy atom. The van der Waals surface area contributed by atoms with Crippen molar-refractivity contribution in [2.45, 2.75) is 13.3 Å². The van der Waals surface area contributed by atoms with Crippen LogP contribution in [-0.4, -0.2) is 32.7 Å². The lowest BCUT2D eigenvalue weighted by atomic mass is 10.1. The number of carbonyl (C=O) groups excluding carboxylic acids is 2. The summed E-state index contributed by atoms with van der Waals surface area (Å²) in [5.41, 5.74) is 1.87. The quantitative estimate of drug-likeness (QED) is 0.744. The number of rotatable bonds is 7. The number of carbonyl (C=O) groups is 2. The molecule has 0 spiro atoms. The standard InChI is InChI=1S/C19H20ClNO5/c1-4-12-5-7-13(8-6-12)19(23)26-11-18(22)21-15-10-16(24-2)14(20)9-17(15)25-3/h5-10H,4,11H2,1-3H3,(H,21,22). The highest BCUT2D eigenvalue weighted by Gasteiger charge is 2.14. The molecule has 0 bridgehead atoms. The van der Waals surface area contributed by atoms with Gasteiger partial charge in [0.2, 0.25) is 0 Å². The van der Waals surface area contributed by atoms with Crippen LogP contribution in [0.2, 0.25) is 5.02 Å². The molecule has 0 heterocycles. The number of methoxy groups -OCH3 is 2. The van der Waals surface area contributed by atoms with Crippen LogP contribution >= 0.6 is 11.6 Å². The van der Waals surface area contributed by atoms with Crippen molar-refractivity contribution < 1.29 is 23.8 Å². The van der Waals surface area contributed by atoms with E-state index in [-0.39, 0.29) is 0 Å². The van der Waals surface area contributed by atoms with Crippen LogP contribution in [0.4, 0.5) is 5.69 Å². The van der Waals surface area contributed by atoms with Gasteiger partial charge in [-0.25, -0.2) is 4.79 Å². The molecule has 0 radical (unpaired) electrons. The van der Waals surface area contributed by atoms with Crippen LogP contribution in [0.3, 0.4) is 0 Å². The number of ether oxygens (including phenoxy) is 3. The molecule has 6 nitrogen and oxygen atoms in total. The summed E-state index contributed by atoms with van der Waals surface area (Å²) < 4.78 is 15.3. The number of anilines is 1. The van der Waals surface area contributed by atoms with Gasteiger partial charge in [-0.15, -0.1) is 0 Å². The van der Waals surface area contributed by atoms with Gasteiger partial charge in [0.25, 0.3) is 5.91 Å². The highest BCUT2D eigenvalue weighted by atomic mass is 35.5. The minimum absolute atomic E-state index is 0.351. The molecule has 0 aliphatic heterocycles. The summed E-state index contributed by atoms with van der Waals surface area (Å²) in [4.78, 5) is 24.1. The molecule has 0 atom stereocenters. The lowest BCUT2D eigenvalue weighted by Crippen LogP contribution is -2.21. The molecule has 2 aromatic carbocycles. The van der Waals surface area contributed by atoms with Gasteiger partial charge in [-0.1, -0.05) is 30.7 Å². The van der Waals surface area contributed by atoms with E-state index in [2.05, 4.69) is 5.32 Å². The Morgan fingerprint density at radius 1 is 1.04 bits per heavy atom. The number of hydrogen-bond acceptors (Lipinski definition) is 5. The molecule has 0 saturated heterocycles. The predicted octanol–water partition coefficient (Wildman–Crippen LogP) is 3.72. The van der Waals surface area contributed by atoms with Gasteiger partial charge in [0.1, 0.15) is 11.5 Å². The summed E-state index contributed by atoms with van der Waals surface area (Å²) in [5.74, 6) is -0.323. The molecule has 1 N–H and O–H groups in total. The Labute approximate surface area is 157 Å². The number of halogens is 1. The van der Waals surface area contributed by atoms with Gasteiger partial charge in [0.05, 0.1) is 30.5 Å². The average molecular weight is 378 g/mol. The van der Waals surface area contributed by atoms with Crippen molar-refractivity contribution in [2.24, 2.45) is 0 Å². The molecule has 0 aliphatic rings. The van der Waals surface area contributed by atoms with E-state index >= 15 is 0 Å². The maximum absolute atomic E-state index is 12.1. The van der Waals surface area contributed by atoms with E-state index in [9.17, 15) is 9.59 Å². The molecule has 0 unspecified atom stereocenters. The summed E-state index contributed by atoms with van der Waals surface area (Å²) in [6, 6.07) is 10.1. The lowest BCUT2D eigenvalue weighted by molar-refractivity contribution is -0.119. The Bertz CT molecular complexity index is 789. The molecule has 26 heavy (non-hydrogen) atoms. The third-order valence-electron chi connectivity index (χ3n) is 3.68. The molecule has 2 rings (SSSR count). The van der Waals surface area contributed by atoms with Gasteiger partial charge in [-0.05, 0) is 24.1 Å². The van der Waals surface area contributed by atoms with Crippen molar-refractivity contribution in [3.05, 3.63) is 52.5 Å². The molecular weight excluding hydrogens is 358 g/mol. The lowest BCUT2D eigenvalue weighted by Gasteiger charge is -2.13. The van der Waals surface area contributed by atoms with Crippen LogP contribution in [-0.2, 0) is 16.0 Å². The van der Waals surface area contributed by atoms with E-state index in [4.69, 9.17) is 25.8 Å². The SMILES string of the molecule is CCc1ccc(C(=O)OCC(=O)Nc2cc(OC)c(Cl)cc2OC)cc1. The summed E-state index contributed by atoms with van der Waals surface area (Å²) in [6.45, 7) is 1.60. The van der Waals surface area contributed by atoms with Crippen molar-refractivity contribution in [2.75, 3.05) is 26.1 Å². The molecule has 0 aromatic heterocycles. The fraction of sp³-hybridized carbons (Fsp3) is 0.263. The van der Waals surface area contributed by atoms with Crippen LogP contribution in [0.5, 0.6) is 11.5 Å². The second-order valence-corrected chi connectivity index (χ2v) is 5.77. The maximum atomic E-state index is 12.1. The van der Waals surface area contributed by atoms with Crippen molar-refractivity contribution in [1.29, 1.82) is 0 Å². The topological polar surface area (TPSA) is 73.9 Å². The average Bonchev–Trinajstić information content (AvgIpc) is 2.67. The van der Waals surface area contributed by atoms with Crippen LogP contribution < -0.4 is 14.8 Å². The fourth-order valence-electron chi connectivity index (χ4n) is 2.24. The zero-order valence-corrected chi connectivity index (χ0v) is 15.6. The van der Waals surface area contributed by atoms with Gasteiger partial charge in [0.15, 0.2) is 6.61 Å². The van der Waals surface area contributed by atoms with Gasteiger partial charge < -0.3 is 19.5 Å². The van der Waals surface area contributed by atoms with Crippen LogP contribution in [0, 0.1) is 0 Å². The van der Waals surface area contributed by atoms with E-state index in [0.717, 1.165) is 12.0 Å². The predicted molar refractivity (Wildman–Crippen MR) is 99.3 cm³/mol. The summed E-state index contributed by atoms with van der Waals surface area (Å²) in [7, 11) is 2.92. The smallest absolute Gasteiger partial charge is 0.338 e. The van der Waals surface area contributed by atoms with Crippen LogP contribution in [0.15, 0.2) is 36.4 Å².